The predicted octanol–water partition coefficient (Wildman–Crippen LogP) is 3.12. The summed E-state index contributed by atoms with van der Waals surface area (Å²) in [5.41, 5.74) is 2.12. The maximum absolute atomic E-state index is 10.7. The largest absolute Gasteiger partial charge is 0.388 e. The summed E-state index contributed by atoms with van der Waals surface area (Å²) in [5.74, 6) is 0. The van der Waals surface area contributed by atoms with E-state index in [2.05, 4.69) is 17.2 Å². The maximum atomic E-state index is 10.7. The maximum Gasteiger partial charge on any atom is 0.185 e. The van der Waals surface area contributed by atoms with Crippen LogP contribution in [0.1, 0.15) is 35.1 Å². The van der Waals surface area contributed by atoms with Gasteiger partial charge in [-0.15, -0.1) is 11.3 Å². The number of anilines is 1. The van der Waals surface area contributed by atoms with Crippen molar-refractivity contribution < 1.29 is 5.11 Å². The molecule has 0 bridgehead atoms. The Kier molecular flexibility index (Phi) is 4.71. The summed E-state index contributed by atoms with van der Waals surface area (Å²) in [5, 5.41) is 15.3. The van der Waals surface area contributed by atoms with E-state index >= 15 is 0 Å². The number of hydrogen-bond acceptors (Lipinski definition) is 5. The van der Waals surface area contributed by atoms with Gasteiger partial charge >= 0.3 is 0 Å². The van der Waals surface area contributed by atoms with Crippen molar-refractivity contribution in [3.05, 3.63) is 46.5 Å². The van der Waals surface area contributed by atoms with Gasteiger partial charge in [0.2, 0.25) is 0 Å². The number of benzene rings is 1. The highest BCUT2D eigenvalue weighted by atomic mass is 32.1. The molecule has 3 rings (SSSR count). The first-order chi connectivity index (χ1) is 11.0. The topological polar surface area (TPSA) is 48.4 Å². The van der Waals surface area contributed by atoms with E-state index in [1.54, 1.807) is 11.3 Å². The van der Waals surface area contributed by atoms with Gasteiger partial charge in [-0.1, -0.05) is 30.3 Å². The van der Waals surface area contributed by atoms with Crippen LogP contribution >= 0.6 is 11.3 Å². The molecule has 1 heterocycles. The van der Waals surface area contributed by atoms with Crippen LogP contribution in [0.4, 0.5) is 5.13 Å². The predicted molar refractivity (Wildman–Crippen MR) is 96.0 cm³/mol. The van der Waals surface area contributed by atoms with Crippen molar-refractivity contribution in [3.8, 4) is 0 Å². The Hall–Kier alpha value is -1.43. The minimum absolute atomic E-state index is 0.00429. The van der Waals surface area contributed by atoms with Gasteiger partial charge < -0.3 is 15.3 Å². The number of aryl methyl sites for hydroxylation is 1. The summed E-state index contributed by atoms with van der Waals surface area (Å²) in [6, 6.07) is 10.0. The van der Waals surface area contributed by atoms with Gasteiger partial charge in [-0.05, 0) is 25.3 Å². The van der Waals surface area contributed by atoms with Crippen LogP contribution in [0.2, 0.25) is 0 Å². The zero-order valence-corrected chi connectivity index (χ0v) is 14.9. The second-order valence-electron chi connectivity index (χ2n) is 6.68. The van der Waals surface area contributed by atoms with Crippen molar-refractivity contribution in [2.45, 2.75) is 32.4 Å². The summed E-state index contributed by atoms with van der Waals surface area (Å²) < 4.78 is 0. The summed E-state index contributed by atoms with van der Waals surface area (Å²) in [6.45, 7) is 3.73. The van der Waals surface area contributed by atoms with Gasteiger partial charge in [0.25, 0.3) is 0 Å². The number of thiazole rings is 1. The highest BCUT2D eigenvalue weighted by Crippen LogP contribution is 2.54. The van der Waals surface area contributed by atoms with Crippen molar-refractivity contribution >= 4 is 16.5 Å². The summed E-state index contributed by atoms with van der Waals surface area (Å²) >= 11 is 1.73. The smallest absolute Gasteiger partial charge is 0.185 e. The monoisotopic (exact) mass is 331 g/mol. The van der Waals surface area contributed by atoms with Crippen molar-refractivity contribution in [2.24, 2.45) is 5.41 Å². The Bertz CT molecular complexity index is 650. The minimum atomic E-state index is -0.379. The van der Waals surface area contributed by atoms with E-state index in [0.717, 1.165) is 42.3 Å². The zero-order chi connectivity index (χ0) is 16.4. The highest BCUT2D eigenvalue weighted by Gasteiger charge is 2.48. The average Bonchev–Trinajstić information content (AvgIpc) is 3.25. The minimum Gasteiger partial charge on any atom is -0.388 e. The highest BCUT2D eigenvalue weighted by molar-refractivity contribution is 7.15. The Morgan fingerprint density at radius 1 is 1.30 bits per heavy atom. The van der Waals surface area contributed by atoms with Crippen LogP contribution in [0.15, 0.2) is 30.3 Å². The molecule has 0 spiro atoms. The molecule has 1 aromatic heterocycles. The Balaban J connectivity index is 1.58. The number of aliphatic hydroxyl groups is 1. The Labute approximate surface area is 142 Å². The van der Waals surface area contributed by atoms with Gasteiger partial charge in [0.15, 0.2) is 5.13 Å². The molecule has 1 aromatic carbocycles. The van der Waals surface area contributed by atoms with Gasteiger partial charge in [-0.25, -0.2) is 4.98 Å². The van der Waals surface area contributed by atoms with Crippen molar-refractivity contribution in [2.75, 3.05) is 25.5 Å². The quantitative estimate of drug-likeness (QED) is 0.818. The number of nitrogens with one attached hydrogen (secondary N) is 1. The molecule has 23 heavy (non-hydrogen) atoms. The second kappa shape index (κ2) is 6.59. The molecule has 124 valence electrons. The third-order valence-electron chi connectivity index (χ3n) is 4.61. The van der Waals surface area contributed by atoms with Crippen LogP contribution in [-0.4, -0.2) is 30.7 Å². The molecule has 1 unspecified atom stereocenters. The van der Waals surface area contributed by atoms with E-state index in [4.69, 9.17) is 0 Å². The van der Waals surface area contributed by atoms with Gasteiger partial charge in [0.05, 0.1) is 11.8 Å². The van der Waals surface area contributed by atoms with Crippen LogP contribution in [0.3, 0.4) is 0 Å². The molecular weight excluding hydrogens is 306 g/mol. The number of hydrogen-bond donors (Lipinski definition) is 2. The Morgan fingerprint density at radius 2 is 2.00 bits per heavy atom. The number of rotatable bonds is 7. The Morgan fingerprint density at radius 3 is 2.57 bits per heavy atom. The number of aromatic nitrogens is 1. The van der Waals surface area contributed by atoms with E-state index in [0.29, 0.717) is 0 Å². The SMILES string of the molecule is Cc1nc(N(C)C)sc1CNCC1(C(O)c2ccccc2)CC1. The lowest BCUT2D eigenvalue weighted by Gasteiger charge is -2.23. The van der Waals surface area contributed by atoms with E-state index < -0.39 is 0 Å². The zero-order valence-electron chi connectivity index (χ0n) is 14.0. The molecule has 1 saturated carbocycles. The molecule has 0 radical (unpaired) electrons. The van der Waals surface area contributed by atoms with Gasteiger partial charge in [0, 0.05) is 37.5 Å². The first kappa shape index (κ1) is 16.4. The van der Waals surface area contributed by atoms with Crippen LogP contribution in [0.25, 0.3) is 0 Å². The lowest BCUT2D eigenvalue weighted by atomic mass is 9.92. The number of nitrogens with zero attached hydrogens (tertiary/aromatic N) is 2. The molecule has 2 N–H and O–H groups in total. The average molecular weight is 331 g/mol. The molecule has 1 atom stereocenters. The molecule has 0 saturated heterocycles. The van der Waals surface area contributed by atoms with Crippen LogP contribution in [0, 0.1) is 12.3 Å². The molecule has 1 aliphatic carbocycles. The van der Waals surface area contributed by atoms with Crippen molar-refractivity contribution in [1.29, 1.82) is 0 Å². The fourth-order valence-electron chi connectivity index (χ4n) is 2.89. The fraction of sp³-hybridized carbons (Fsp3) is 0.500. The van der Waals surface area contributed by atoms with Gasteiger partial charge in [-0.3, -0.25) is 0 Å². The molecule has 4 nitrogen and oxygen atoms in total. The molecule has 1 aliphatic rings. The molecule has 2 aromatic rings. The summed E-state index contributed by atoms with van der Waals surface area (Å²) in [7, 11) is 4.04. The first-order valence-corrected chi connectivity index (χ1v) is 8.91. The van der Waals surface area contributed by atoms with Crippen molar-refractivity contribution in [3.63, 3.8) is 0 Å². The van der Waals surface area contributed by atoms with E-state index in [9.17, 15) is 5.11 Å². The summed E-state index contributed by atoms with van der Waals surface area (Å²) in [4.78, 5) is 7.90. The third kappa shape index (κ3) is 3.57. The third-order valence-corrected chi connectivity index (χ3v) is 5.94. The molecule has 5 heteroatoms. The molecule has 0 amide bonds. The second-order valence-corrected chi connectivity index (χ2v) is 7.74. The van der Waals surface area contributed by atoms with Crippen LogP contribution in [-0.2, 0) is 6.54 Å². The number of aliphatic hydroxyl groups excluding tert-OH is 1. The lowest BCUT2D eigenvalue weighted by Crippen LogP contribution is -2.28. The van der Waals surface area contributed by atoms with Gasteiger partial charge in [-0.2, -0.15) is 0 Å². The standard InChI is InChI=1S/C18H25N3OS/c1-13-15(23-17(20-13)21(2)3)11-19-12-18(9-10-18)16(22)14-7-5-4-6-8-14/h4-8,16,19,22H,9-12H2,1-3H3. The van der Waals surface area contributed by atoms with Crippen LogP contribution in [0.5, 0.6) is 0 Å². The van der Waals surface area contributed by atoms with E-state index in [-0.39, 0.29) is 11.5 Å². The first-order valence-electron chi connectivity index (χ1n) is 8.09. The van der Waals surface area contributed by atoms with Crippen molar-refractivity contribution in [1.82, 2.24) is 10.3 Å². The van der Waals surface area contributed by atoms with E-state index in [1.807, 2.05) is 49.3 Å². The fourth-order valence-corrected chi connectivity index (χ4v) is 3.84. The van der Waals surface area contributed by atoms with Crippen LogP contribution < -0.4 is 10.2 Å². The lowest BCUT2D eigenvalue weighted by molar-refractivity contribution is 0.0917. The summed E-state index contributed by atoms with van der Waals surface area (Å²) in [6.07, 6.45) is 1.79. The molecule has 1 fully saturated rings. The van der Waals surface area contributed by atoms with Gasteiger partial charge in [0.1, 0.15) is 0 Å². The molecular formula is C18H25N3OS. The molecule has 0 aliphatic heterocycles. The van der Waals surface area contributed by atoms with E-state index in [1.165, 1.54) is 4.88 Å². The normalized spacial score (nSPS) is 17.0.